The number of halogens is 1. The summed E-state index contributed by atoms with van der Waals surface area (Å²) in [5, 5.41) is 5.14. The minimum Gasteiger partial charge on any atom is -0.346 e. The number of imidazole rings is 1. The molecule has 0 unspecified atom stereocenters. The molecule has 0 aliphatic carbocycles. The zero-order valence-corrected chi connectivity index (χ0v) is 16.6. The number of benzene rings is 1. The van der Waals surface area contributed by atoms with E-state index in [1.54, 1.807) is 10.9 Å². The van der Waals surface area contributed by atoms with Gasteiger partial charge in [0, 0.05) is 42.0 Å². The zero-order chi connectivity index (χ0) is 20.3. The quantitative estimate of drug-likeness (QED) is 0.496. The maximum Gasteiger partial charge on any atom is 0.162 e. The summed E-state index contributed by atoms with van der Waals surface area (Å²) in [6, 6.07) is 5.46. The number of rotatable bonds is 3. The van der Waals surface area contributed by atoms with Crippen LogP contribution >= 0.6 is 0 Å². The Balaban J connectivity index is 1.78. The van der Waals surface area contributed by atoms with E-state index in [1.807, 2.05) is 43.1 Å². The van der Waals surface area contributed by atoms with E-state index in [2.05, 4.69) is 33.9 Å². The smallest absolute Gasteiger partial charge is 0.162 e. The highest BCUT2D eigenvalue weighted by Crippen LogP contribution is 2.31. The van der Waals surface area contributed by atoms with Crippen molar-refractivity contribution in [3.05, 3.63) is 48.4 Å². The highest BCUT2D eigenvalue weighted by Gasteiger charge is 2.18. The zero-order valence-electron chi connectivity index (χ0n) is 16.6. The van der Waals surface area contributed by atoms with E-state index < -0.39 is 0 Å². The number of H-pyrrole nitrogens is 1. The molecule has 4 heterocycles. The lowest BCUT2D eigenvalue weighted by Crippen LogP contribution is -2.03. The normalized spacial score (nSPS) is 11.9. The summed E-state index contributed by atoms with van der Waals surface area (Å²) in [5.41, 5.74) is 4.05. The first kappa shape index (κ1) is 17.5. The van der Waals surface area contributed by atoms with E-state index >= 15 is 0 Å². The van der Waals surface area contributed by atoms with Gasteiger partial charge in [-0.1, -0.05) is 0 Å². The fourth-order valence-corrected chi connectivity index (χ4v) is 3.88. The molecule has 1 N–H and O–H groups in total. The summed E-state index contributed by atoms with van der Waals surface area (Å²) in [5.74, 6) is 0.856. The Labute approximate surface area is 166 Å². The molecule has 4 aromatic heterocycles. The molecule has 0 aliphatic heterocycles. The van der Waals surface area contributed by atoms with Crippen LogP contribution < -0.4 is 0 Å². The van der Waals surface area contributed by atoms with Crippen LogP contribution in [-0.4, -0.2) is 34.3 Å². The Morgan fingerprint density at radius 1 is 1.10 bits per heavy atom. The first-order chi connectivity index (χ1) is 13.9. The van der Waals surface area contributed by atoms with Crippen LogP contribution in [0.3, 0.4) is 0 Å². The summed E-state index contributed by atoms with van der Waals surface area (Å²) in [7, 11) is 1.86. The number of aryl methyl sites for hydroxylation is 2. The number of hydrogen-bond acceptors (Lipinski definition) is 4. The van der Waals surface area contributed by atoms with Crippen molar-refractivity contribution in [2.75, 3.05) is 0 Å². The van der Waals surface area contributed by atoms with Gasteiger partial charge in [-0.3, -0.25) is 4.68 Å². The third-order valence-corrected chi connectivity index (χ3v) is 5.09. The highest BCUT2D eigenvalue weighted by molar-refractivity contribution is 5.92. The van der Waals surface area contributed by atoms with Crippen molar-refractivity contribution in [3.8, 4) is 22.6 Å². The Kier molecular flexibility index (Phi) is 3.77. The van der Waals surface area contributed by atoms with Crippen molar-refractivity contribution in [1.82, 2.24) is 34.3 Å². The van der Waals surface area contributed by atoms with Crippen LogP contribution in [0, 0.1) is 12.7 Å². The van der Waals surface area contributed by atoms with Crippen LogP contribution in [-0.2, 0) is 7.05 Å². The van der Waals surface area contributed by atoms with Crippen LogP contribution in [0.25, 0.3) is 44.7 Å². The Bertz CT molecular complexity index is 1370. The minimum absolute atomic E-state index is 0.160. The fraction of sp³-hybridized carbons (Fsp3) is 0.238. The topological polar surface area (TPSA) is 77.2 Å². The van der Waals surface area contributed by atoms with Crippen molar-refractivity contribution in [2.45, 2.75) is 26.8 Å². The molecule has 0 bridgehead atoms. The summed E-state index contributed by atoms with van der Waals surface area (Å²) >= 11 is 0. The molecular formula is C21H20FN7. The van der Waals surface area contributed by atoms with Gasteiger partial charge in [-0.05, 0) is 39.0 Å². The molecule has 8 heteroatoms. The van der Waals surface area contributed by atoms with Crippen LogP contribution in [0.15, 0.2) is 36.8 Å². The monoisotopic (exact) mass is 389 g/mol. The maximum atomic E-state index is 14.9. The van der Waals surface area contributed by atoms with Crippen LogP contribution in [0.1, 0.15) is 25.7 Å². The number of nitrogens with one attached hydrogen (secondary N) is 1. The van der Waals surface area contributed by atoms with Gasteiger partial charge in [0.15, 0.2) is 11.6 Å². The lowest BCUT2D eigenvalue weighted by atomic mass is 10.1. The van der Waals surface area contributed by atoms with Gasteiger partial charge < -0.3 is 9.55 Å². The van der Waals surface area contributed by atoms with Crippen molar-refractivity contribution in [1.29, 1.82) is 0 Å². The van der Waals surface area contributed by atoms with Crippen molar-refractivity contribution in [2.24, 2.45) is 7.05 Å². The van der Waals surface area contributed by atoms with Gasteiger partial charge in [-0.15, -0.1) is 0 Å². The fourth-order valence-electron chi connectivity index (χ4n) is 3.88. The van der Waals surface area contributed by atoms with Gasteiger partial charge in [0.25, 0.3) is 0 Å². The van der Waals surface area contributed by atoms with Gasteiger partial charge in [-0.2, -0.15) is 5.10 Å². The van der Waals surface area contributed by atoms with Gasteiger partial charge in [0.1, 0.15) is 17.0 Å². The van der Waals surface area contributed by atoms with Crippen LogP contribution in [0.4, 0.5) is 4.39 Å². The number of nitrogens with zero attached hydrogens (tertiary/aromatic N) is 6. The molecule has 0 spiro atoms. The van der Waals surface area contributed by atoms with Crippen molar-refractivity contribution >= 4 is 22.1 Å². The largest absolute Gasteiger partial charge is 0.346 e. The molecule has 0 fully saturated rings. The van der Waals surface area contributed by atoms with Gasteiger partial charge in [-0.25, -0.2) is 19.3 Å². The summed E-state index contributed by atoms with van der Waals surface area (Å²) in [6.07, 6.45) is 5.49. The van der Waals surface area contributed by atoms with Crippen molar-refractivity contribution < 1.29 is 4.39 Å². The average molecular weight is 389 g/mol. The highest BCUT2D eigenvalue weighted by atomic mass is 19.1. The lowest BCUT2D eigenvalue weighted by molar-refractivity contribution is 0.600. The Hall–Kier alpha value is -3.55. The summed E-state index contributed by atoms with van der Waals surface area (Å²) in [4.78, 5) is 17.0. The standard InChI is InChI=1S/C21H20FN7/c1-11(2)29-12(3)25-19-16(22)7-13(8-17(19)29)20-26-18(14-9-24-28(4)10-14)15-5-6-23-21(15)27-20/h5-11H,1-4H3,(H,23,26,27). The predicted octanol–water partition coefficient (Wildman–Crippen LogP) is 4.40. The second-order valence-electron chi connectivity index (χ2n) is 7.49. The molecule has 5 rings (SSSR count). The third kappa shape index (κ3) is 2.71. The number of aromatic amines is 1. The molecule has 0 amide bonds. The number of aromatic nitrogens is 7. The van der Waals surface area contributed by atoms with E-state index in [9.17, 15) is 4.39 Å². The van der Waals surface area contributed by atoms with Gasteiger partial charge in [0.2, 0.25) is 0 Å². The second kappa shape index (κ2) is 6.23. The van der Waals surface area contributed by atoms with Crippen molar-refractivity contribution in [3.63, 3.8) is 0 Å². The molecule has 29 heavy (non-hydrogen) atoms. The van der Waals surface area contributed by atoms with Gasteiger partial charge >= 0.3 is 0 Å². The summed E-state index contributed by atoms with van der Waals surface area (Å²) in [6.45, 7) is 6.00. The molecule has 0 radical (unpaired) electrons. The lowest BCUT2D eigenvalue weighted by Gasteiger charge is -2.11. The van der Waals surface area contributed by atoms with E-state index in [0.717, 1.165) is 28.0 Å². The molecule has 7 nitrogen and oxygen atoms in total. The van der Waals surface area contributed by atoms with E-state index in [4.69, 9.17) is 4.98 Å². The molecule has 0 aliphatic rings. The first-order valence-electron chi connectivity index (χ1n) is 9.45. The molecule has 146 valence electrons. The van der Waals surface area contributed by atoms with Crippen LogP contribution in [0.2, 0.25) is 0 Å². The molecule has 0 saturated heterocycles. The van der Waals surface area contributed by atoms with E-state index in [1.165, 1.54) is 6.07 Å². The SMILES string of the molecule is Cc1nc2c(F)cc(-c3nc(-c4cnn(C)c4)c4cc[nH]c4n3)cc2n1C(C)C. The second-order valence-corrected chi connectivity index (χ2v) is 7.49. The van der Waals surface area contributed by atoms with Gasteiger partial charge in [0.05, 0.1) is 17.4 Å². The Morgan fingerprint density at radius 2 is 1.93 bits per heavy atom. The first-order valence-corrected chi connectivity index (χ1v) is 9.45. The predicted molar refractivity (Wildman–Crippen MR) is 110 cm³/mol. The average Bonchev–Trinajstić information content (AvgIpc) is 3.38. The molecule has 1 aromatic carbocycles. The maximum absolute atomic E-state index is 14.9. The third-order valence-electron chi connectivity index (χ3n) is 5.09. The summed E-state index contributed by atoms with van der Waals surface area (Å²) < 4.78 is 18.7. The molecule has 5 aromatic rings. The Morgan fingerprint density at radius 3 is 2.66 bits per heavy atom. The number of fused-ring (bicyclic) bond motifs is 2. The number of hydrogen-bond donors (Lipinski definition) is 1. The molecule has 0 saturated carbocycles. The van der Waals surface area contributed by atoms with E-state index in [0.29, 0.717) is 22.6 Å². The molecular weight excluding hydrogens is 369 g/mol. The minimum atomic E-state index is -0.377. The van der Waals surface area contributed by atoms with E-state index in [-0.39, 0.29) is 11.9 Å². The van der Waals surface area contributed by atoms with Crippen LogP contribution in [0.5, 0.6) is 0 Å². The molecule has 0 atom stereocenters.